The molecule has 0 aliphatic rings. The van der Waals surface area contributed by atoms with Crippen molar-refractivity contribution >= 4 is 23.2 Å². The molecule has 104 valence electrons. The van der Waals surface area contributed by atoms with Gasteiger partial charge in [-0.25, -0.2) is 4.79 Å². The number of methoxy groups -OCH3 is 1. The molecule has 1 N–H and O–H groups in total. The van der Waals surface area contributed by atoms with Gasteiger partial charge in [-0.3, -0.25) is 4.79 Å². The summed E-state index contributed by atoms with van der Waals surface area (Å²) in [5.41, 5.74) is 1.59. The van der Waals surface area contributed by atoms with Crippen LogP contribution in [0, 0.1) is 6.92 Å². The quantitative estimate of drug-likeness (QED) is 0.880. The number of ether oxygens (including phenoxy) is 1. The standard InChI is InChI=1S/C15H15NO3S/c1-10-8-9-20-13(10)14(17)16-12(15(18)19-2)11-6-4-3-5-7-11/h3-9,12H,1-2H3,(H,16,17). The zero-order valence-electron chi connectivity index (χ0n) is 11.3. The van der Waals surface area contributed by atoms with Crippen LogP contribution in [0.15, 0.2) is 41.8 Å². The summed E-state index contributed by atoms with van der Waals surface area (Å²) >= 11 is 1.35. The molecule has 4 nitrogen and oxygen atoms in total. The fourth-order valence-corrected chi connectivity index (χ4v) is 2.67. The molecule has 0 aliphatic carbocycles. The summed E-state index contributed by atoms with van der Waals surface area (Å²) in [4.78, 5) is 24.7. The van der Waals surface area contributed by atoms with E-state index in [0.29, 0.717) is 10.4 Å². The van der Waals surface area contributed by atoms with Crippen LogP contribution in [0.2, 0.25) is 0 Å². The Labute approximate surface area is 121 Å². The van der Waals surface area contributed by atoms with Gasteiger partial charge in [0.25, 0.3) is 5.91 Å². The Morgan fingerprint density at radius 1 is 1.20 bits per heavy atom. The minimum absolute atomic E-state index is 0.267. The Hall–Kier alpha value is -2.14. The molecule has 0 bridgehead atoms. The molecule has 1 atom stereocenters. The molecule has 1 unspecified atom stereocenters. The average Bonchev–Trinajstić information content (AvgIpc) is 2.91. The molecule has 20 heavy (non-hydrogen) atoms. The number of carbonyl (C=O) groups excluding carboxylic acids is 2. The highest BCUT2D eigenvalue weighted by Crippen LogP contribution is 2.19. The van der Waals surface area contributed by atoms with E-state index in [1.807, 2.05) is 36.6 Å². The van der Waals surface area contributed by atoms with Crippen LogP contribution >= 0.6 is 11.3 Å². The predicted molar refractivity (Wildman–Crippen MR) is 77.7 cm³/mol. The smallest absolute Gasteiger partial charge is 0.333 e. The molecule has 1 aromatic carbocycles. The number of hydrogen-bond acceptors (Lipinski definition) is 4. The molecule has 0 spiro atoms. The van der Waals surface area contributed by atoms with Gasteiger partial charge >= 0.3 is 5.97 Å². The molecule has 0 aliphatic heterocycles. The van der Waals surface area contributed by atoms with E-state index in [1.54, 1.807) is 12.1 Å². The molecule has 2 aromatic rings. The highest BCUT2D eigenvalue weighted by atomic mass is 32.1. The van der Waals surface area contributed by atoms with Crippen LogP contribution in [0.3, 0.4) is 0 Å². The lowest BCUT2D eigenvalue weighted by molar-refractivity contribution is -0.143. The number of hydrogen-bond donors (Lipinski definition) is 1. The zero-order valence-corrected chi connectivity index (χ0v) is 12.1. The first-order valence-corrected chi connectivity index (χ1v) is 6.99. The van der Waals surface area contributed by atoms with E-state index in [-0.39, 0.29) is 5.91 Å². The van der Waals surface area contributed by atoms with Gasteiger partial charge in [0.15, 0.2) is 6.04 Å². The van der Waals surface area contributed by atoms with Gasteiger partial charge in [-0.2, -0.15) is 0 Å². The molecule has 1 amide bonds. The molecular weight excluding hydrogens is 274 g/mol. The van der Waals surface area contributed by atoms with Gasteiger partial charge in [-0.05, 0) is 29.5 Å². The van der Waals surface area contributed by atoms with Crippen molar-refractivity contribution in [2.45, 2.75) is 13.0 Å². The van der Waals surface area contributed by atoms with E-state index in [4.69, 9.17) is 4.74 Å². The van der Waals surface area contributed by atoms with Crippen LogP contribution in [-0.2, 0) is 9.53 Å². The Morgan fingerprint density at radius 3 is 2.45 bits per heavy atom. The highest BCUT2D eigenvalue weighted by Gasteiger charge is 2.24. The summed E-state index contributed by atoms with van der Waals surface area (Å²) in [6.07, 6.45) is 0. The lowest BCUT2D eigenvalue weighted by Gasteiger charge is -2.16. The minimum Gasteiger partial charge on any atom is -0.467 e. The fraction of sp³-hybridized carbons (Fsp3) is 0.200. The summed E-state index contributed by atoms with van der Waals surface area (Å²) in [6, 6.07) is 10.1. The van der Waals surface area contributed by atoms with Gasteiger partial charge in [-0.1, -0.05) is 30.3 Å². The fourth-order valence-electron chi connectivity index (χ4n) is 1.84. The Morgan fingerprint density at radius 2 is 1.90 bits per heavy atom. The second-order valence-electron chi connectivity index (χ2n) is 4.27. The van der Waals surface area contributed by atoms with Crippen LogP contribution in [0.4, 0.5) is 0 Å². The van der Waals surface area contributed by atoms with E-state index in [1.165, 1.54) is 18.4 Å². The molecule has 5 heteroatoms. The molecule has 0 radical (unpaired) electrons. The Balaban J connectivity index is 2.23. The van der Waals surface area contributed by atoms with E-state index >= 15 is 0 Å². The van der Waals surface area contributed by atoms with Gasteiger partial charge in [0.1, 0.15) is 0 Å². The minimum atomic E-state index is -0.796. The number of carbonyl (C=O) groups is 2. The SMILES string of the molecule is COC(=O)C(NC(=O)c1sccc1C)c1ccccc1. The topological polar surface area (TPSA) is 55.4 Å². The van der Waals surface area contributed by atoms with Crippen LogP contribution < -0.4 is 5.32 Å². The maximum Gasteiger partial charge on any atom is 0.333 e. The molecule has 2 rings (SSSR count). The lowest BCUT2D eigenvalue weighted by Crippen LogP contribution is -2.34. The van der Waals surface area contributed by atoms with E-state index in [9.17, 15) is 9.59 Å². The third-order valence-electron chi connectivity index (χ3n) is 2.91. The Kier molecular flexibility index (Phi) is 4.53. The first kappa shape index (κ1) is 14.3. The van der Waals surface area contributed by atoms with Crippen molar-refractivity contribution in [1.29, 1.82) is 0 Å². The van der Waals surface area contributed by atoms with Crippen molar-refractivity contribution < 1.29 is 14.3 Å². The van der Waals surface area contributed by atoms with Gasteiger partial charge in [-0.15, -0.1) is 11.3 Å². The van der Waals surface area contributed by atoms with Gasteiger partial charge in [0.05, 0.1) is 12.0 Å². The van der Waals surface area contributed by atoms with Gasteiger partial charge < -0.3 is 10.1 Å². The second kappa shape index (κ2) is 6.34. The number of aryl methyl sites for hydroxylation is 1. The van der Waals surface area contributed by atoms with E-state index in [0.717, 1.165) is 5.56 Å². The number of thiophene rings is 1. The van der Waals surface area contributed by atoms with Crippen molar-refractivity contribution in [2.24, 2.45) is 0 Å². The number of amides is 1. The van der Waals surface area contributed by atoms with E-state index < -0.39 is 12.0 Å². The molecule has 1 aromatic heterocycles. The first-order chi connectivity index (χ1) is 9.63. The number of esters is 1. The molecule has 0 fully saturated rings. The van der Waals surface area contributed by atoms with Crippen LogP contribution in [0.5, 0.6) is 0 Å². The summed E-state index contributed by atoms with van der Waals surface area (Å²) in [7, 11) is 1.31. The molecule has 1 heterocycles. The highest BCUT2D eigenvalue weighted by molar-refractivity contribution is 7.12. The largest absolute Gasteiger partial charge is 0.467 e. The van der Waals surface area contributed by atoms with E-state index in [2.05, 4.69) is 5.32 Å². The third kappa shape index (κ3) is 3.05. The summed E-state index contributed by atoms with van der Waals surface area (Å²) < 4.78 is 4.76. The zero-order chi connectivity index (χ0) is 14.5. The predicted octanol–water partition coefficient (Wildman–Crippen LogP) is 2.70. The maximum absolute atomic E-state index is 12.2. The summed E-state index contributed by atoms with van der Waals surface area (Å²) in [5.74, 6) is -0.754. The molecule has 0 saturated heterocycles. The van der Waals surface area contributed by atoms with Crippen LogP contribution in [0.1, 0.15) is 26.8 Å². The maximum atomic E-state index is 12.2. The monoisotopic (exact) mass is 289 g/mol. The molecule has 0 saturated carbocycles. The van der Waals surface area contributed by atoms with Crippen molar-refractivity contribution in [3.63, 3.8) is 0 Å². The average molecular weight is 289 g/mol. The van der Waals surface area contributed by atoms with Crippen LogP contribution in [-0.4, -0.2) is 19.0 Å². The number of benzene rings is 1. The second-order valence-corrected chi connectivity index (χ2v) is 5.19. The lowest BCUT2D eigenvalue weighted by atomic mass is 10.1. The van der Waals surface area contributed by atoms with Crippen LogP contribution in [0.25, 0.3) is 0 Å². The number of rotatable bonds is 4. The normalized spacial score (nSPS) is 11.7. The number of nitrogens with one attached hydrogen (secondary N) is 1. The van der Waals surface area contributed by atoms with Crippen molar-refractivity contribution in [2.75, 3.05) is 7.11 Å². The first-order valence-electron chi connectivity index (χ1n) is 6.11. The van der Waals surface area contributed by atoms with Gasteiger partial charge in [0, 0.05) is 0 Å². The summed E-state index contributed by atoms with van der Waals surface area (Å²) in [6.45, 7) is 1.86. The van der Waals surface area contributed by atoms with Gasteiger partial charge in [0.2, 0.25) is 0 Å². The summed E-state index contributed by atoms with van der Waals surface area (Å²) in [5, 5.41) is 4.57. The molecular formula is C15H15NO3S. The Bertz CT molecular complexity index is 607. The third-order valence-corrected chi connectivity index (χ3v) is 3.93. The van der Waals surface area contributed by atoms with Crippen molar-refractivity contribution in [3.8, 4) is 0 Å². The van der Waals surface area contributed by atoms with Crippen molar-refractivity contribution in [1.82, 2.24) is 5.32 Å². The van der Waals surface area contributed by atoms with Crippen molar-refractivity contribution in [3.05, 3.63) is 57.8 Å².